The number of imidazole rings is 1. The van der Waals surface area contributed by atoms with E-state index >= 15 is 0 Å². The van der Waals surface area contributed by atoms with Crippen LogP contribution in [0.5, 0.6) is 0 Å². The molecule has 0 amide bonds. The van der Waals surface area contributed by atoms with Gasteiger partial charge in [0, 0.05) is 42.8 Å². The second-order valence-electron chi connectivity index (χ2n) is 17.8. The molecule has 5 aromatic heterocycles. The number of rotatable bonds is 7. The van der Waals surface area contributed by atoms with Crippen LogP contribution in [-0.4, -0.2) is 42.8 Å². The molecule has 0 N–H and O–H groups in total. The summed E-state index contributed by atoms with van der Waals surface area (Å²) in [7, 11) is 0. The first kappa shape index (κ1) is 43.1. The molecule has 62 heavy (non-hydrogen) atoms. The molecule has 0 unspecified atom stereocenters. The van der Waals surface area contributed by atoms with Gasteiger partial charge in [-0.3, -0.25) is 9.97 Å². The minimum atomic E-state index is -1.86. The zero-order valence-electron chi connectivity index (χ0n) is 36.8. The van der Waals surface area contributed by atoms with Gasteiger partial charge in [-0.05, 0) is 47.6 Å². The maximum atomic E-state index is 6.41. The van der Waals surface area contributed by atoms with Crippen LogP contribution in [0, 0.1) is 31.9 Å². The molecule has 0 saturated heterocycles. The number of nitrogens with zero attached hydrogens (tertiary/aromatic N) is 6. The van der Waals surface area contributed by atoms with Crippen molar-refractivity contribution >= 4 is 72.3 Å². The third-order valence-electron chi connectivity index (χ3n) is 11.4. The summed E-state index contributed by atoms with van der Waals surface area (Å²) in [5, 5.41) is 6.66. The van der Waals surface area contributed by atoms with Gasteiger partial charge in [0.05, 0.1) is 34.3 Å². The first-order valence-electron chi connectivity index (χ1n) is 21.2. The standard InChI is InChI=1S/C35H26N5O.C18H24GeN.Ir/c1-19(2)31-24-12-7-5-10-22(24)23-11-6-8-13-25(23)32(31)40-30-18-36-20(3)16-29(30)39-34(40)27-15-9-14-26-28-17-37-21(4)38-35(28)41-33(26)27;1-14(2)11-16-12-18(15-9-7-6-8-10-15)20-13-17(16)19(3,4)5;/h5-14,16-19H,1-4H3;6-9,12-14H,11H2,1-5H3;/q2*-1;. The van der Waals surface area contributed by atoms with Crippen molar-refractivity contribution in [3.63, 3.8) is 0 Å². The monoisotopic (exact) mass is 1050 g/mol. The van der Waals surface area contributed by atoms with Crippen LogP contribution in [0.25, 0.3) is 83.0 Å². The van der Waals surface area contributed by atoms with Gasteiger partial charge in [-0.1, -0.05) is 73.3 Å². The van der Waals surface area contributed by atoms with Gasteiger partial charge in [-0.25, -0.2) is 4.98 Å². The molecule has 0 saturated carbocycles. The number of furan rings is 1. The van der Waals surface area contributed by atoms with Crippen LogP contribution < -0.4 is 4.40 Å². The molecule has 0 atom stereocenters. The summed E-state index contributed by atoms with van der Waals surface area (Å²) in [6.45, 7) is 13.0. The molecule has 0 aliphatic carbocycles. The molecule has 5 heterocycles. The number of aryl methyl sites for hydroxylation is 2. The second kappa shape index (κ2) is 17.3. The molecule has 0 spiro atoms. The molecule has 313 valence electrons. The van der Waals surface area contributed by atoms with Crippen molar-refractivity contribution in [1.29, 1.82) is 0 Å². The van der Waals surface area contributed by atoms with E-state index < -0.39 is 13.3 Å². The van der Waals surface area contributed by atoms with Crippen molar-refractivity contribution in [3.8, 4) is 28.3 Å². The van der Waals surface area contributed by atoms with E-state index in [-0.39, 0.29) is 26.0 Å². The first-order chi connectivity index (χ1) is 29.4. The van der Waals surface area contributed by atoms with Crippen LogP contribution in [-0.2, 0) is 26.5 Å². The Morgan fingerprint density at radius 1 is 0.694 bits per heavy atom. The van der Waals surface area contributed by atoms with Gasteiger partial charge in [0.15, 0.2) is 0 Å². The number of fused-ring (bicyclic) bond motifs is 7. The maximum absolute atomic E-state index is 6.41. The van der Waals surface area contributed by atoms with E-state index in [0.717, 1.165) is 67.6 Å². The smallest absolute Gasteiger partial charge is 0.219 e. The van der Waals surface area contributed by atoms with Crippen LogP contribution in [0.1, 0.15) is 56.3 Å². The summed E-state index contributed by atoms with van der Waals surface area (Å²) in [5.41, 5.74) is 10.8. The van der Waals surface area contributed by atoms with Gasteiger partial charge in [0.2, 0.25) is 5.71 Å². The molecule has 0 fully saturated rings. The molecule has 0 aliphatic rings. The van der Waals surface area contributed by atoms with Crippen molar-refractivity contribution in [3.05, 3.63) is 150 Å². The average Bonchev–Trinajstić information content (AvgIpc) is 3.80. The third kappa shape index (κ3) is 8.00. The number of hydrogen-bond donors (Lipinski definition) is 0. The van der Waals surface area contributed by atoms with Gasteiger partial charge in [0.25, 0.3) is 0 Å². The van der Waals surface area contributed by atoms with Gasteiger partial charge in [-0.2, -0.15) is 4.98 Å². The fraction of sp³-hybridized carbons (Fsp3) is 0.226. The van der Waals surface area contributed by atoms with Crippen LogP contribution >= 0.6 is 0 Å². The Kier molecular flexibility index (Phi) is 12.0. The van der Waals surface area contributed by atoms with E-state index in [1.807, 2.05) is 62.6 Å². The first-order valence-corrected chi connectivity index (χ1v) is 28.5. The van der Waals surface area contributed by atoms with Gasteiger partial charge < -0.3 is 8.98 Å². The summed E-state index contributed by atoms with van der Waals surface area (Å²) >= 11 is -1.86. The number of benzene rings is 5. The molecule has 1 radical (unpaired) electrons. The molecule has 0 bridgehead atoms. The van der Waals surface area contributed by atoms with Crippen LogP contribution in [0.2, 0.25) is 17.3 Å². The van der Waals surface area contributed by atoms with E-state index in [0.29, 0.717) is 23.0 Å². The Labute approximate surface area is 379 Å². The fourth-order valence-corrected chi connectivity index (χ4v) is 12.0. The van der Waals surface area contributed by atoms with Gasteiger partial charge in [0.1, 0.15) is 5.82 Å². The van der Waals surface area contributed by atoms with Crippen LogP contribution in [0.3, 0.4) is 0 Å². The Bertz CT molecular complexity index is 3260. The quantitative estimate of drug-likeness (QED) is 0.0898. The van der Waals surface area contributed by atoms with Gasteiger partial charge >= 0.3 is 126 Å². The maximum Gasteiger partial charge on any atom is 0.219 e. The number of hydrogen-bond acceptors (Lipinski definition) is 6. The molecular weight excluding hydrogens is 1000 g/mol. The molecule has 7 nitrogen and oxygen atoms in total. The predicted octanol–water partition coefficient (Wildman–Crippen LogP) is 12.9. The molecule has 9 heteroatoms. The summed E-state index contributed by atoms with van der Waals surface area (Å²) in [4.78, 5) is 23.6. The zero-order chi connectivity index (χ0) is 42.6. The minimum Gasteiger partial charge on any atom is -0.486 e. The van der Waals surface area contributed by atoms with E-state index in [4.69, 9.17) is 19.4 Å². The normalized spacial score (nSPS) is 11.9. The summed E-state index contributed by atoms with van der Waals surface area (Å²) in [6.07, 6.45) is 7.04. The van der Waals surface area contributed by atoms with E-state index in [9.17, 15) is 0 Å². The van der Waals surface area contributed by atoms with Crippen molar-refractivity contribution in [2.75, 3.05) is 0 Å². The fourth-order valence-electron chi connectivity index (χ4n) is 8.71. The molecular formula is C53H50GeIrN6O-2. The Balaban J connectivity index is 0.000000214. The van der Waals surface area contributed by atoms with Crippen molar-refractivity contribution < 1.29 is 24.5 Å². The van der Waals surface area contributed by atoms with Gasteiger partial charge in [-0.15, -0.1) is 18.2 Å². The van der Waals surface area contributed by atoms with E-state index in [1.54, 1.807) is 4.40 Å². The van der Waals surface area contributed by atoms with Crippen LogP contribution in [0.15, 0.2) is 120 Å². The largest absolute Gasteiger partial charge is 0.486 e. The summed E-state index contributed by atoms with van der Waals surface area (Å²) in [5.74, 6) is 9.66. The third-order valence-corrected chi connectivity index (χ3v) is 15.7. The topological polar surface area (TPSA) is 82.5 Å². The molecule has 0 aliphatic heterocycles. The van der Waals surface area contributed by atoms with Crippen molar-refractivity contribution in [2.24, 2.45) is 5.92 Å². The Morgan fingerprint density at radius 3 is 2.10 bits per heavy atom. The Hall–Kier alpha value is -5.54. The Morgan fingerprint density at radius 2 is 1.40 bits per heavy atom. The van der Waals surface area contributed by atoms with Crippen molar-refractivity contribution in [1.82, 2.24) is 29.5 Å². The zero-order valence-corrected chi connectivity index (χ0v) is 41.2. The SMILES string of the molecule is CC(C)Cc1cc(-c2[c-]cccc2)nc[c]1[Ge]([CH3])([CH3])[CH3].Cc1cc2nc(-c3[c-]ccc4c3oc3nc(C)ncc34)n(-c3c(C(C)C)c4ccccc4c4ccccc34)c2cn1.[Ir]. The molecule has 10 rings (SSSR count). The molecule has 5 aromatic carbocycles. The second-order valence-corrected chi connectivity index (χ2v) is 28.3. The number of aromatic nitrogens is 6. The van der Waals surface area contributed by atoms with E-state index in [2.05, 4.69) is 138 Å². The molecule has 10 aromatic rings. The van der Waals surface area contributed by atoms with Crippen molar-refractivity contribution in [2.45, 2.75) is 71.1 Å². The summed E-state index contributed by atoms with van der Waals surface area (Å²) < 4.78 is 10.2. The van der Waals surface area contributed by atoms with E-state index in [1.165, 1.54) is 27.3 Å². The predicted molar refractivity (Wildman–Crippen MR) is 255 cm³/mol. The average molecular weight is 1050 g/mol. The summed E-state index contributed by atoms with van der Waals surface area (Å²) in [6, 6.07) is 40.4. The number of pyridine rings is 2. The minimum absolute atomic E-state index is 0. The van der Waals surface area contributed by atoms with Crippen LogP contribution in [0.4, 0.5) is 0 Å².